The van der Waals surface area contributed by atoms with Crippen LogP contribution in [0.2, 0.25) is 0 Å². The minimum atomic E-state index is -0.704. The van der Waals surface area contributed by atoms with Crippen LogP contribution in [0.4, 0.5) is 0 Å². The highest BCUT2D eigenvalue weighted by Gasteiger charge is 2.33. The summed E-state index contributed by atoms with van der Waals surface area (Å²) < 4.78 is 0. The molecule has 2 radical (unpaired) electrons. The van der Waals surface area contributed by atoms with Crippen LogP contribution in [0.15, 0.2) is 48.5 Å². The first kappa shape index (κ1) is 27.9. The Bertz CT molecular complexity index is 844. The molecule has 1 saturated carbocycles. The van der Waals surface area contributed by atoms with Crippen molar-refractivity contribution >= 4 is 11.9 Å². The van der Waals surface area contributed by atoms with Crippen molar-refractivity contribution in [1.82, 2.24) is 0 Å². The fraction of sp³-hybridized carbons (Fsp3) is 0.467. The molecule has 0 aromatic heterocycles. The second-order valence-corrected chi connectivity index (χ2v) is 9.24. The van der Waals surface area contributed by atoms with Crippen LogP contribution in [0.1, 0.15) is 103 Å². The monoisotopic (exact) mass is 494 g/mol. The average molecular weight is 495 g/mol. The molecular formula is C30H38O6. The Labute approximate surface area is 215 Å². The lowest BCUT2D eigenvalue weighted by Gasteiger charge is -2.26. The van der Waals surface area contributed by atoms with Gasteiger partial charge in [-0.15, -0.1) is 0 Å². The number of hydrogen-bond donors (Lipinski definition) is 0. The molecule has 0 saturated heterocycles. The maximum Gasteiger partial charge on any atom is 0.373 e. The van der Waals surface area contributed by atoms with Crippen molar-refractivity contribution in [1.29, 1.82) is 0 Å². The van der Waals surface area contributed by atoms with Gasteiger partial charge in [-0.25, -0.2) is 9.59 Å². The third-order valence-electron chi connectivity index (χ3n) is 6.29. The van der Waals surface area contributed by atoms with Crippen LogP contribution in [0.3, 0.4) is 0 Å². The van der Waals surface area contributed by atoms with Crippen molar-refractivity contribution in [2.75, 3.05) is 0 Å². The summed E-state index contributed by atoms with van der Waals surface area (Å²) in [4.78, 5) is 45.7. The third kappa shape index (κ3) is 9.07. The second-order valence-electron chi connectivity index (χ2n) is 9.24. The molecule has 0 N–H and O–H groups in total. The van der Waals surface area contributed by atoms with Crippen molar-refractivity contribution < 1.29 is 29.1 Å². The Morgan fingerprint density at radius 3 is 1.81 bits per heavy atom. The molecule has 0 heterocycles. The van der Waals surface area contributed by atoms with Gasteiger partial charge >= 0.3 is 11.9 Å². The summed E-state index contributed by atoms with van der Waals surface area (Å²) in [6.45, 7) is 4.35. The van der Waals surface area contributed by atoms with Crippen LogP contribution >= 0.6 is 0 Å². The van der Waals surface area contributed by atoms with Gasteiger partial charge in [0.25, 0.3) is 0 Å². The standard InChI is InChI=1S/C30H38O6/c1-3-5-7-11-23-15-19-25(20-16-23)29(31)35-33-27-13-9-10-14-28(27)34-36-30(32)26-21-17-24(18-22-26)12-8-6-4-2/h13,15-22,27H,3-12,14H2,1-2H3. The summed E-state index contributed by atoms with van der Waals surface area (Å²) in [6, 6.07) is 14.7. The summed E-state index contributed by atoms with van der Waals surface area (Å²) in [5.74, 6) is -1.16. The predicted molar refractivity (Wildman–Crippen MR) is 138 cm³/mol. The molecule has 1 aliphatic carbocycles. The van der Waals surface area contributed by atoms with Gasteiger partial charge in [-0.2, -0.15) is 9.78 Å². The Morgan fingerprint density at radius 2 is 1.28 bits per heavy atom. The molecule has 0 spiro atoms. The molecule has 6 heteroatoms. The van der Waals surface area contributed by atoms with Crippen molar-refractivity contribution in [2.24, 2.45) is 0 Å². The smallest absolute Gasteiger partial charge is 0.292 e. The van der Waals surface area contributed by atoms with Crippen molar-refractivity contribution in [2.45, 2.75) is 90.6 Å². The fourth-order valence-electron chi connectivity index (χ4n) is 4.06. The fourth-order valence-corrected chi connectivity index (χ4v) is 4.06. The number of benzene rings is 2. The van der Waals surface area contributed by atoms with Gasteiger partial charge in [0.2, 0.25) is 0 Å². The van der Waals surface area contributed by atoms with E-state index in [4.69, 9.17) is 19.6 Å². The van der Waals surface area contributed by atoms with E-state index in [1.54, 1.807) is 24.3 Å². The summed E-state index contributed by atoms with van der Waals surface area (Å²) in [6.07, 6.45) is 12.6. The van der Waals surface area contributed by atoms with Crippen LogP contribution in [-0.2, 0) is 32.4 Å². The molecule has 0 amide bonds. The first-order valence-electron chi connectivity index (χ1n) is 13.2. The van der Waals surface area contributed by atoms with Crippen molar-refractivity contribution in [3.8, 4) is 0 Å². The number of carbonyl (C=O) groups is 2. The quantitative estimate of drug-likeness (QED) is 0.156. The molecule has 1 aliphatic rings. The van der Waals surface area contributed by atoms with Gasteiger partial charge in [0.05, 0.1) is 11.1 Å². The van der Waals surface area contributed by atoms with Gasteiger partial charge in [-0.05, 0) is 86.8 Å². The van der Waals surface area contributed by atoms with Gasteiger partial charge in [-0.3, -0.25) is 9.78 Å². The highest BCUT2D eigenvalue weighted by Crippen LogP contribution is 2.30. The molecule has 2 aromatic rings. The van der Waals surface area contributed by atoms with Gasteiger partial charge < -0.3 is 0 Å². The van der Waals surface area contributed by atoms with Crippen LogP contribution in [0.25, 0.3) is 0 Å². The van der Waals surface area contributed by atoms with E-state index in [1.165, 1.54) is 36.8 Å². The molecule has 3 rings (SSSR count). The zero-order chi connectivity index (χ0) is 25.6. The zero-order valence-corrected chi connectivity index (χ0v) is 21.5. The van der Waals surface area contributed by atoms with E-state index in [9.17, 15) is 9.59 Å². The summed E-state index contributed by atoms with van der Waals surface area (Å²) >= 11 is 0. The number of rotatable bonds is 14. The summed E-state index contributed by atoms with van der Waals surface area (Å²) in [5, 5.41) is 0. The molecule has 194 valence electrons. The van der Waals surface area contributed by atoms with E-state index < -0.39 is 18.0 Å². The predicted octanol–water partition coefficient (Wildman–Crippen LogP) is 7.32. The molecule has 0 bridgehead atoms. The highest BCUT2D eigenvalue weighted by atomic mass is 17.2. The lowest BCUT2D eigenvalue weighted by molar-refractivity contribution is -0.311. The van der Waals surface area contributed by atoms with Crippen LogP contribution < -0.4 is 0 Å². The lowest BCUT2D eigenvalue weighted by atomic mass is 9.95. The molecule has 36 heavy (non-hydrogen) atoms. The van der Waals surface area contributed by atoms with Gasteiger partial charge in [0, 0.05) is 0 Å². The SMILES string of the molecule is CCCCCc1ccc(C(=O)OO[C]2CCC[CH]C2OOC(=O)c2ccc(CCCCC)cc2)cc1. The molecule has 1 unspecified atom stereocenters. The third-order valence-corrected chi connectivity index (χ3v) is 6.29. The maximum atomic E-state index is 12.4. The zero-order valence-electron chi connectivity index (χ0n) is 21.5. The van der Waals surface area contributed by atoms with Crippen molar-refractivity contribution in [3.05, 3.63) is 83.3 Å². The largest absolute Gasteiger partial charge is 0.373 e. The maximum absolute atomic E-state index is 12.4. The van der Waals surface area contributed by atoms with E-state index in [1.807, 2.05) is 30.7 Å². The second kappa shape index (κ2) is 15.4. The topological polar surface area (TPSA) is 71.1 Å². The molecule has 0 aliphatic heterocycles. The minimum absolute atomic E-state index is 0.393. The minimum Gasteiger partial charge on any atom is -0.292 e. The number of hydrogen-bond acceptors (Lipinski definition) is 6. The van der Waals surface area contributed by atoms with Gasteiger partial charge in [-0.1, -0.05) is 63.8 Å². The molecule has 2 aromatic carbocycles. The van der Waals surface area contributed by atoms with E-state index in [0.717, 1.165) is 38.5 Å². The Kier molecular flexibility index (Phi) is 11.9. The van der Waals surface area contributed by atoms with E-state index >= 15 is 0 Å². The molecule has 1 fully saturated rings. The molecule has 6 nitrogen and oxygen atoms in total. The van der Waals surface area contributed by atoms with Crippen LogP contribution in [0, 0.1) is 12.5 Å². The van der Waals surface area contributed by atoms with Gasteiger partial charge in [0.1, 0.15) is 6.10 Å². The normalized spacial score (nSPS) is 16.0. The van der Waals surface area contributed by atoms with E-state index in [-0.39, 0.29) is 0 Å². The Hall–Kier alpha value is -2.70. The van der Waals surface area contributed by atoms with Crippen LogP contribution in [0.5, 0.6) is 0 Å². The number of carbonyl (C=O) groups excluding carboxylic acids is 2. The Balaban J connectivity index is 1.45. The summed E-state index contributed by atoms with van der Waals surface area (Å²) in [5.41, 5.74) is 3.21. The van der Waals surface area contributed by atoms with E-state index in [2.05, 4.69) is 13.8 Å². The van der Waals surface area contributed by atoms with Crippen LogP contribution in [-0.4, -0.2) is 18.0 Å². The lowest BCUT2D eigenvalue weighted by Crippen LogP contribution is -2.30. The number of unbranched alkanes of at least 4 members (excludes halogenated alkanes) is 4. The summed E-state index contributed by atoms with van der Waals surface area (Å²) in [7, 11) is 0. The first-order chi connectivity index (χ1) is 17.6. The average Bonchev–Trinajstić information content (AvgIpc) is 2.92. The first-order valence-corrected chi connectivity index (χ1v) is 13.2. The highest BCUT2D eigenvalue weighted by molar-refractivity contribution is 5.89. The van der Waals surface area contributed by atoms with Crippen molar-refractivity contribution in [3.63, 3.8) is 0 Å². The Morgan fingerprint density at radius 1 is 0.750 bits per heavy atom. The molecule has 1 atom stereocenters. The van der Waals surface area contributed by atoms with E-state index in [0.29, 0.717) is 23.7 Å². The molecular weight excluding hydrogens is 456 g/mol. The van der Waals surface area contributed by atoms with Gasteiger partial charge in [0.15, 0.2) is 6.10 Å². The number of aryl methyl sites for hydroxylation is 2.